The van der Waals surface area contributed by atoms with E-state index in [2.05, 4.69) is 5.32 Å². The van der Waals surface area contributed by atoms with Gasteiger partial charge in [0.2, 0.25) is 0 Å². The standard InChI is InChI=1S/C35H42N2O9S/c38-32(31(20-25-10-3-1-4-11-25)36-35(39)45-33-24-44-34-30(33)18-19-42-34)22-37(46-27-14-7-8-15-27)47(40,41)29-17-9-16-28(21-29)43-23-26-12-5-2-6-13-26/h1-6,9-13,16-17,21,27,30-34,38H,7-8,14-15,18-20,22-24H2,(H,36,39)/t30-,31-,32+,33-,34+/m0/s1. The van der Waals surface area contributed by atoms with Crippen molar-refractivity contribution in [2.75, 3.05) is 19.8 Å². The van der Waals surface area contributed by atoms with Gasteiger partial charge in [-0.2, -0.15) is 0 Å². The van der Waals surface area contributed by atoms with Crippen molar-refractivity contribution in [1.29, 1.82) is 0 Å². The first kappa shape index (κ1) is 33.4. The highest BCUT2D eigenvalue weighted by Gasteiger charge is 2.44. The molecular weight excluding hydrogens is 624 g/mol. The molecule has 3 fully saturated rings. The van der Waals surface area contributed by atoms with Crippen molar-refractivity contribution in [3.8, 4) is 5.75 Å². The predicted octanol–water partition coefficient (Wildman–Crippen LogP) is 4.59. The Morgan fingerprint density at radius 3 is 2.40 bits per heavy atom. The fraction of sp³-hybridized carbons (Fsp3) is 0.457. The van der Waals surface area contributed by atoms with Crippen LogP contribution in [-0.4, -0.2) is 74.5 Å². The normalized spacial score (nSPS) is 22.6. The molecule has 0 aromatic heterocycles. The molecular formula is C35H42N2O9S. The number of hydroxylamine groups is 1. The number of nitrogens with zero attached hydrogens (tertiary/aromatic N) is 1. The van der Waals surface area contributed by atoms with Gasteiger partial charge in [-0.25, -0.2) is 13.2 Å². The number of hydrogen-bond donors (Lipinski definition) is 2. The molecule has 3 aromatic carbocycles. The summed E-state index contributed by atoms with van der Waals surface area (Å²) in [5, 5.41) is 14.4. The van der Waals surface area contributed by atoms with Crippen molar-refractivity contribution in [3.63, 3.8) is 0 Å². The van der Waals surface area contributed by atoms with Gasteiger partial charge in [0.05, 0.1) is 48.8 Å². The lowest BCUT2D eigenvalue weighted by atomic mass is 10.0. The molecule has 1 saturated carbocycles. The molecule has 1 aliphatic carbocycles. The summed E-state index contributed by atoms with van der Waals surface area (Å²) in [5.74, 6) is 0.333. The van der Waals surface area contributed by atoms with Gasteiger partial charge in [-0.3, -0.25) is 4.84 Å². The third kappa shape index (κ3) is 8.69. The number of carbonyl (C=O) groups is 1. The lowest BCUT2D eigenvalue weighted by molar-refractivity contribution is -0.145. The number of aliphatic hydroxyl groups excluding tert-OH is 1. The van der Waals surface area contributed by atoms with E-state index in [9.17, 15) is 18.3 Å². The van der Waals surface area contributed by atoms with E-state index in [1.165, 1.54) is 12.1 Å². The maximum atomic E-state index is 14.1. The Morgan fingerprint density at radius 2 is 1.66 bits per heavy atom. The number of ether oxygens (including phenoxy) is 4. The second-order valence-electron chi connectivity index (χ2n) is 12.2. The molecule has 2 saturated heterocycles. The van der Waals surface area contributed by atoms with Crippen LogP contribution in [0, 0.1) is 5.92 Å². The van der Waals surface area contributed by atoms with Gasteiger partial charge in [-0.15, -0.1) is 0 Å². The molecule has 2 N–H and O–H groups in total. The maximum Gasteiger partial charge on any atom is 0.407 e. The van der Waals surface area contributed by atoms with E-state index < -0.39 is 40.9 Å². The van der Waals surface area contributed by atoms with Gasteiger partial charge in [0.15, 0.2) is 6.29 Å². The quantitative estimate of drug-likeness (QED) is 0.237. The van der Waals surface area contributed by atoms with Crippen LogP contribution in [0.25, 0.3) is 0 Å². The van der Waals surface area contributed by atoms with Crippen molar-refractivity contribution in [2.45, 2.75) is 80.7 Å². The fourth-order valence-corrected chi connectivity index (χ4v) is 7.58. The first-order valence-electron chi connectivity index (χ1n) is 16.2. The number of sulfonamides is 1. The summed E-state index contributed by atoms with van der Waals surface area (Å²) in [7, 11) is -4.26. The fourth-order valence-electron chi connectivity index (χ4n) is 6.24. The lowest BCUT2D eigenvalue weighted by Crippen LogP contribution is -2.51. The summed E-state index contributed by atoms with van der Waals surface area (Å²) in [5.41, 5.74) is 1.79. The minimum Gasteiger partial charge on any atom is -0.489 e. The molecule has 0 unspecified atom stereocenters. The highest BCUT2D eigenvalue weighted by atomic mass is 32.2. The van der Waals surface area contributed by atoms with Gasteiger partial charge >= 0.3 is 6.09 Å². The number of benzene rings is 3. The summed E-state index contributed by atoms with van der Waals surface area (Å²) in [6.07, 6.45) is 0.963. The van der Waals surface area contributed by atoms with Crippen LogP contribution in [0.4, 0.5) is 4.79 Å². The first-order valence-corrected chi connectivity index (χ1v) is 17.7. The molecule has 6 rings (SSSR count). The van der Waals surface area contributed by atoms with Crippen molar-refractivity contribution < 1.29 is 42.1 Å². The number of fused-ring (bicyclic) bond motifs is 1. The number of rotatable bonds is 14. The van der Waals surface area contributed by atoms with E-state index in [1.807, 2.05) is 60.7 Å². The third-order valence-electron chi connectivity index (χ3n) is 8.83. The van der Waals surface area contributed by atoms with E-state index in [0.717, 1.165) is 34.9 Å². The van der Waals surface area contributed by atoms with Crippen molar-refractivity contribution >= 4 is 16.1 Å². The highest BCUT2D eigenvalue weighted by molar-refractivity contribution is 7.89. The van der Waals surface area contributed by atoms with E-state index in [4.69, 9.17) is 23.8 Å². The molecule has 3 aliphatic rings. The van der Waals surface area contributed by atoms with Gasteiger partial charge in [0.1, 0.15) is 18.5 Å². The van der Waals surface area contributed by atoms with Crippen LogP contribution in [0.3, 0.4) is 0 Å². The number of aliphatic hydroxyl groups is 1. The monoisotopic (exact) mass is 666 g/mol. The Hall–Kier alpha value is -3.52. The molecule has 11 nitrogen and oxygen atoms in total. The molecule has 252 valence electrons. The zero-order valence-electron chi connectivity index (χ0n) is 26.2. The number of alkyl carbamates (subject to hydrolysis) is 1. The number of hydrogen-bond acceptors (Lipinski definition) is 9. The lowest BCUT2D eigenvalue weighted by Gasteiger charge is -2.31. The summed E-state index contributed by atoms with van der Waals surface area (Å²) in [4.78, 5) is 19.2. The molecule has 2 aliphatic heterocycles. The topological polar surface area (TPSA) is 133 Å². The van der Waals surface area contributed by atoms with Crippen LogP contribution < -0.4 is 10.1 Å². The predicted molar refractivity (Wildman–Crippen MR) is 172 cm³/mol. The van der Waals surface area contributed by atoms with Crippen LogP contribution >= 0.6 is 0 Å². The largest absolute Gasteiger partial charge is 0.489 e. The Labute approximate surface area is 275 Å². The van der Waals surface area contributed by atoms with E-state index in [1.54, 1.807) is 12.1 Å². The Balaban J connectivity index is 1.19. The average molecular weight is 667 g/mol. The van der Waals surface area contributed by atoms with Crippen LogP contribution in [0.1, 0.15) is 43.2 Å². The first-order chi connectivity index (χ1) is 22.8. The molecule has 3 aromatic rings. The van der Waals surface area contributed by atoms with Gasteiger partial charge in [-0.1, -0.05) is 84.0 Å². The Bertz CT molecular complexity index is 1550. The van der Waals surface area contributed by atoms with Gasteiger partial charge < -0.3 is 29.4 Å². The molecule has 0 bridgehead atoms. The van der Waals surface area contributed by atoms with Crippen molar-refractivity contribution in [1.82, 2.24) is 9.79 Å². The van der Waals surface area contributed by atoms with Crippen LogP contribution in [0.2, 0.25) is 0 Å². The maximum absolute atomic E-state index is 14.1. The van der Waals surface area contributed by atoms with Crippen molar-refractivity contribution in [3.05, 3.63) is 96.1 Å². The molecule has 0 radical (unpaired) electrons. The highest BCUT2D eigenvalue weighted by Crippen LogP contribution is 2.33. The van der Waals surface area contributed by atoms with Gasteiger partial charge in [-0.05, 0) is 48.9 Å². The van der Waals surface area contributed by atoms with Crippen LogP contribution in [0.15, 0.2) is 89.8 Å². The minimum atomic E-state index is -4.26. The summed E-state index contributed by atoms with van der Waals surface area (Å²) < 4.78 is 51.9. The number of nitrogens with one attached hydrogen (secondary N) is 1. The summed E-state index contributed by atoms with van der Waals surface area (Å²) in [6, 6.07) is 24.3. The SMILES string of the molecule is O=C(N[C@@H](Cc1ccccc1)[C@H](O)CN(OC1CCCC1)S(=O)(=O)c1cccc(OCc2ccccc2)c1)O[C@H]1CO[C@H]2OCC[C@H]21. The molecule has 0 spiro atoms. The molecule has 12 heteroatoms. The second kappa shape index (κ2) is 15.6. The smallest absolute Gasteiger partial charge is 0.407 e. The summed E-state index contributed by atoms with van der Waals surface area (Å²) in [6.45, 7) is 0.621. The minimum absolute atomic E-state index is 0.0326. The molecule has 47 heavy (non-hydrogen) atoms. The van der Waals surface area contributed by atoms with E-state index >= 15 is 0 Å². The van der Waals surface area contributed by atoms with E-state index in [-0.39, 0.29) is 42.8 Å². The third-order valence-corrected chi connectivity index (χ3v) is 10.5. The van der Waals surface area contributed by atoms with Crippen molar-refractivity contribution in [2.24, 2.45) is 5.92 Å². The Kier molecular flexibility index (Phi) is 11.1. The zero-order chi connectivity index (χ0) is 32.6. The second-order valence-corrected chi connectivity index (χ2v) is 14.1. The van der Waals surface area contributed by atoms with E-state index in [0.29, 0.717) is 25.2 Å². The molecule has 2 heterocycles. The summed E-state index contributed by atoms with van der Waals surface area (Å²) >= 11 is 0. The van der Waals surface area contributed by atoms with Gasteiger partial charge in [0.25, 0.3) is 10.0 Å². The Morgan fingerprint density at radius 1 is 0.936 bits per heavy atom. The van der Waals surface area contributed by atoms with Crippen LogP contribution in [-0.2, 0) is 42.1 Å². The van der Waals surface area contributed by atoms with Gasteiger partial charge in [0, 0.05) is 6.07 Å². The van der Waals surface area contributed by atoms with Crippen LogP contribution in [0.5, 0.6) is 5.75 Å². The number of amides is 1. The molecule has 5 atom stereocenters. The molecule has 1 amide bonds. The zero-order valence-corrected chi connectivity index (χ0v) is 27.0. The average Bonchev–Trinajstić information content (AvgIpc) is 3.85. The number of carbonyl (C=O) groups excluding carboxylic acids is 1.